The first-order chi connectivity index (χ1) is 7.10. The van der Waals surface area contributed by atoms with Crippen LogP contribution in [0.3, 0.4) is 0 Å². The van der Waals surface area contributed by atoms with Crippen molar-refractivity contribution in [1.29, 1.82) is 0 Å². The molecule has 3 N–H and O–H groups in total. The molecule has 3 heteroatoms. The Labute approximate surface area is 92.4 Å². The summed E-state index contributed by atoms with van der Waals surface area (Å²) < 4.78 is 0. The van der Waals surface area contributed by atoms with Crippen LogP contribution in [-0.2, 0) is 4.79 Å². The molecule has 0 aliphatic carbocycles. The highest BCUT2D eigenvalue weighted by molar-refractivity contribution is 5.67. The van der Waals surface area contributed by atoms with E-state index in [1.165, 1.54) is 0 Å². The van der Waals surface area contributed by atoms with E-state index in [-0.39, 0.29) is 12.3 Å². The number of carbonyl (C=O) groups is 1. The van der Waals surface area contributed by atoms with E-state index in [9.17, 15) is 4.79 Å². The van der Waals surface area contributed by atoms with Crippen molar-refractivity contribution in [3.8, 4) is 0 Å². The van der Waals surface area contributed by atoms with Crippen LogP contribution >= 0.6 is 0 Å². The van der Waals surface area contributed by atoms with Crippen molar-refractivity contribution in [3.63, 3.8) is 0 Å². The van der Waals surface area contributed by atoms with Crippen LogP contribution in [0.2, 0.25) is 0 Å². The van der Waals surface area contributed by atoms with E-state index in [0.29, 0.717) is 12.5 Å². The predicted molar refractivity (Wildman–Crippen MR) is 62.6 cm³/mol. The molecule has 0 saturated heterocycles. The second-order valence-corrected chi connectivity index (χ2v) is 4.16. The van der Waals surface area contributed by atoms with Gasteiger partial charge in [-0.15, -0.1) is 0 Å². The number of carboxylic acids is 1. The lowest BCUT2D eigenvalue weighted by Crippen LogP contribution is -2.20. The lowest BCUT2D eigenvalue weighted by Gasteiger charge is -2.16. The van der Waals surface area contributed by atoms with Gasteiger partial charge in [0.25, 0.3) is 0 Å². The monoisotopic (exact) mass is 213 g/mol. The highest BCUT2D eigenvalue weighted by atomic mass is 16.4. The van der Waals surface area contributed by atoms with Gasteiger partial charge in [-0.25, -0.2) is 0 Å². The summed E-state index contributed by atoms with van der Waals surface area (Å²) in [5, 5.41) is 8.67. The van der Waals surface area contributed by atoms with Crippen LogP contribution in [0.25, 0.3) is 0 Å². The van der Waals surface area contributed by atoms with Gasteiger partial charge < -0.3 is 10.8 Å². The van der Waals surface area contributed by atoms with Gasteiger partial charge >= 0.3 is 5.97 Å². The summed E-state index contributed by atoms with van der Waals surface area (Å²) in [5.74, 6) is -0.116. The quantitative estimate of drug-likeness (QED) is 0.609. The molecule has 0 bridgehead atoms. The molecule has 2 atom stereocenters. The average Bonchev–Trinajstić information content (AvgIpc) is 2.16. The Morgan fingerprint density at radius 2 is 2.13 bits per heavy atom. The molecule has 0 rings (SSSR count). The van der Waals surface area contributed by atoms with Gasteiger partial charge in [0.15, 0.2) is 0 Å². The molecule has 0 saturated carbocycles. The molecule has 0 fully saturated rings. The maximum Gasteiger partial charge on any atom is 0.303 e. The zero-order valence-corrected chi connectivity index (χ0v) is 9.78. The highest BCUT2D eigenvalue weighted by Gasteiger charge is 2.14. The molecule has 0 aromatic rings. The van der Waals surface area contributed by atoms with Crippen molar-refractivity contribution >= 4 is 5.97 Å². The Balaban J connectivity index is 3.84. The van der Waals surface area contributed by atoms with Crippen LogP contribution in [-0.4, -0.2) is 17.6 Å². The van der Waals surface area contributed by atoms with Gasteiger partial charge in [0.05, 0.1) is 0 Å². The average molecular weight is 213 g/mol. The van der Waals surface area contributed by atoms with Gasteiger partial charge in [-0.3, -0.25) is 4.79 Å². The maximum atomic E-state index is 10.5. The van der Waals surface area contributed by atoms with Crippen LogP contribution < -0.4 is 5.73 Å². The third-order valence-corrected chi connectivity index (χ3v) is 2.47. The molecule has 3 nitrogen and oxygen atoms in total. The minimum Gasteiger partial charge on any atom is -0.481 e. The van der Waals surface area contributed by atoms with E-state index in [0.717, 1.165) is 19.3 Å². The Kier molecular flexibility index (Phi) is 8.01. The second-order valence-electron chi connectivity index (χ2n) is 4.16. The van der Waals surface area contributed by atoms with E-state index < -0.39 is 5.97 Å². The van der Waals surface area contributed by atoms with E-state index in [1.54, 1.807) is 0 Å². The third kappa shape index (κ3) is 8.18. The van der Waals surface area contributed by atoms with Gasteiger partial charge in [0.2, 0.25) is 0 Å². The van der Waals surface area contributed by atoms with Crippen LogP contribution in [0.4, 0.5) is 0 Å². The normalized spacial score (nSPS) is 15.4. The molecule has 0 spiro atoms. The van der Waals surface area contributed by atoms with E-state index in [1.807, 2.05) is 0 Å². The number of rotatable bonds is 8. The number of aliphatic carboxylic acids is 1. The topological polar surface area (TPSA) is 63.3 Å². The molecule has 0 aromatic heterocycles. The standard InChI is InChI=1S/C12H23NO2/c1-3-4-5-6-10(2)7-11(9-13)8-12(14)15/h4-5,10-11H,3,6-9,13H2,1-2H3,(H,14,15). The Hall–Kier alpha value is -0.830. The summed E-state index contributed by atoms with van der Waals surface area (Å²) in [7, 11) is 0. The first-order valence-corrected chi connectivity index (χ1v) is 5.67. The van der Waals surface area contributed by atoms with Crippen molar-refractivity contribution in [2.24, 2.45) is 17.6 Å². The number of nitrogens with two attached hydrogens (primary N) is 1. The smallest absolute Gasteiger partial charge is 0.303 e. The summed E-state index contributed by atoms with van der Waals surface area (Å²) >= 11 is 0. The Morgan fingerprint density at radius 3 is 2.60 bits per heavy atom. The molecule has 0 amide bonds. The SMILES string of the molecule is CCC=CCC(C)CC(CN)CC(=O)O. The summed E-state index contributed by atoms with van der Waals surface area (Å²) in [6.07, 6.45) is 7.48. The fourth-order valence-electron chi connectivity index (χ4n) is 1.67. The van der Waals surface area contributed by atoms with Crippen molar-refractivity contribution in [2.75, 3.05) is 6.54 Å². The number of allylic oxidation sites excluding steroid dienone is 2. The third-order valence-electron chi connectivity index (χ3n) is 2.47. The molecule has 0 aliphatic rings. The summed E-state index contributed by atoms with van der Waals surface area (Å²) in [4.78, 5) is 10.5. The highest BCUT2D eigenvalue weighted by Crippen LogP contribution is 2.18. The van der Waals surface area contributed by atoms with Crippen molar-refractivity contribution < 1.29 is 9.90 Å². The van der Waals surface area contributed by atoms with Gasteiger partial charge in [-0.1, -0.05) is 26.0 Å². The molecule has 15 heavy (non-hydrogen) atoms. The zero-order valence-electron chi connectivity index (χ0n) is 9.78. The number of hydrogen-bond donors (Lipinski definition) is 2. The van der Waals surface area contributed by atoms with Crippen molar-refractivity contribution in [3.05, 3.63) is 12.2 Å². The van der Waals surface area contributed by atoms with Crippen molar-refractivity contribution in [2.45, 2.75) is 39.5 Å². The molecule has 0 aliphatic heterocycles. The molecular formula is C12H23NO2. The van der Waals surface area contributed by atoms with Crippen LogP contribution in [0.1, 0.15) is 39.5 Å². The lowest BCUT2D eigenvalue weighted by atomic mass is 9.91. The Bertz CT molecular complexity index is 202. The molecule has 88 valence electrons. The fourth-order valence-corrected chi connectivity index (χ4v) is 1.67. The van der Waals surface area contributed by atoms with Gasteiger partial charge in [-0.2, -0.15) is 0 Å². The predicted octanol–water partition coefficient (Wildman–Crippen LogP) is 2.42. The summed E-state index contributed by atoms with van der Waals surface area (Å²) in [5.41, 5.74) is 5.54. The Morgan fingerprint density at radius 1 is 1.47 bits per heavy atom. The minimum absolute atomic E-state index is 0.118. The maximum absolute atomic E-state index is 10.5. The van der Waals surface area contributed by atoms with Crippen LogP contribution in [0, 0.1) is 11.8 Å². The largest absolute Gasteiger partial charge is 0.481 e. The molecule has 0 heterocycles. The lowest BCUT2D eigenvalue weighted by molar-refractivity contribution is -0.138. The van der Waals surface area contributed by atoms with E-state index in [4.69, 9.17) is 10.8 Å². The molecule has 2 unspecified atom stereocenters. The summed E-state index contributed by atoms with van der Waals surface area (Å²) in [6, 6.07) is 0. The molecule has 0 radical (unpaired) electrons. The first-order valence-electron chi connectivity index (χ1n) is 5.67. The zero-order chi connectivity index (χ0) is 11.7. The minimum atomic E-state index is -0.748. The second kappa shape index (κ2) is 8.48. The van der Waals surface area contributed by atoms with Crippen LogP contribution in [0.15, 0.2) is 12.2 Å². The molecular weight excluding hydrogens is 190 g/mol. The van der Waals surface area contributed by atoms with Gasteiger partial charge in [0, 0.05) is 6.42 Å². The van der Waals surface area contributed by atoms with Gasteiger partial charge in [-0.05, 0) is 37.6 Å². The first kappa shape index (κ1) is 14.2. The number of hydrogen-bond acceptors (Lipinski definition) is 2. The molecule has 0 aromatic carbocycles. The van der Waals surface area contributed by atoms with Crippen LogP contribution in [0.5, 0.6) is 0 Å². The van der Waals surface area contributed by atoms with E-state index >= 15 is 0 Å². The summed E-state index contributed by atoms with van der Waals surface area (Å²) in [6.45, 7) is 4.72. The van der Waals surface area contributed by atoms with E-state index in [2.05, 4.69) is 26.0 Å². The fraction of sp³-hybridized carbons (Fsp3) is 0.750. The van der Waals surface area contributed by atoms with Gasteiger partial charge in [0.1, 0.15) is 0 Å². The van der Waals surface area contributed by atoms with Crippen molar-refractivity contribution in [1.82, 2.24) is 0 Å². The number of carboxylic acid groups (broad SMARTS) is 1.